The number of nitrogens with zero attached hydrogens (tertiary/aromatic N) is 2. The van der Waals surface area contributed by atoms with Crippen molar-refractivity contribution in [3.8, 4) is 0 Å². The van der Waals surface area contributed by atoms with Gasteiger partial charge in [0.15, 0.2) is 11.6 Å². The van der Waals surface area contributed by atoms with E-state index < -0.39 is 8.07 Å². The summed E-state index contributed by atoms with van der Waals surface area (Å²) in [5.41, 5.74) is 4.84. The molecule has 1 fully saturated rings. The molecule has 1 aliphatic heterocycles. The Bertz CT molecular complexity index is 1550. The van der Waals surface area contributed by atoms with Crippen LogP contribution >= 0.6 is 0 Å². The third-order valence-electron chi connectivity index (χ3n) is 8.17. The van der Waals surface area contributed by atoms with Gasteiger partial charge in [-0.15, -0.1) is 0 Å². The molecular weight excluding hydrogens is 665 g/mol. The summed E-state index contributed by atoms with van der Waals surface area (Å²) in [5, 5.41) is 0. The number of ketones is 2. The molecule has 1 heterocycles. The van der Waals surface area contributed by atoms with Crippen LogP contribution in [0.3, 0.4) is 0 Å². The van der Waals surface area contributed by atoms with Gasteiger partial charge in [-0.2, -0.15) is 0 Å². The van der Waals surface area contributed by atoms with E-state index in [9.17, 15) is 9.59 Å². The van der Waals surface area contributed by atoms with Crippen LogP contribution in [0, 0.1) is 5.92 Å². The summed E-state index contributed by atoms with van der Waals surface area (Å²) < 4.78 is 16.0. The Morgan fingerprint density at radius 3 is 1.71 bits per heavy atom. The summed E-state index contributed by atoms with van der Waals surface area (Å²) in [6.45, 7) is 16.3. The molecule has 0 aromatic heterocycles. The van der Waals surface area contributed by atoms with Crippen molar-refractivity contribution in [2.24, 2.45) is 5.92 Å². The van der Waals surface area contributed by atoms with Gasteiger partial charge in [0.2, 0.25) is 0 Å². The van der Waals surface area contributed by atoms with Crippen LogP contribution in [-0.4, -0.2) is 75.8 Å². The highest BCUT2D eigenvalue weighted by Crippen LogP contribution is 2.20. The van der Waals surface area contributed by atoms with E-state index in [1.807, 2.05) is 66.7 Å². The van der Waals surface area contributed by atoms with Crippen LogP contribution < -0.4 is 0 Å². The van der Waals surface area contributed by atoms with E-state index in [1.165, 1.54) is 23.4 Å². The lowest BCUT2D eigenvalue weighted by atomic mass is 10.0. The predicted molar refractivity (Wildman–Crippen MR) is 214 cm³/mol. The predicted octanol–water partition coefficient (Wildman–Crippen LogP) is 8.22. The lowest BCUT2D eigenvalue weighted by Gasteiger charge is -2.28. The number of hydrogen-bond donors (Lipinski definition) is 0. The molecule has 0 radical (unpaired) electrons. The summed E-state index contributed by atoms with van der Waals surface area (Å²) in [5.74, 6) is 0.266. The molecule has 1 saturated heterocycles. The van der Waals surface area contributed by atoms with Crippen LogP contribution in [0.2, 0.25) is 19.6 Å². The maximum atomic E-state index is 12.3. The minimum atomic E-state index is -1.07. The third kappa shape index (κ3) is 18.5. The largest absolute Gasteiger partial charge is 0.369 e. The molecule has 52 heavy (non-hydrogen) atoms. The van der Waals surface area contributed by atoms with E-state index in [4.69, 9.17) is 14.2 Å². The van der Waals surface area contributed by atoms with Gasteiger partial charge < -0.3 is 14.2 Å². The first-order chi connectivity index (χ1) is 25.1. The highest BCUT2D eigenvalue weighted by molar-refractivity contribution is 6.76. The van der Waals surface area contributed by atoms with Gasteiger partial charge in [-0.3, -0.25) is 19.4 Å². The minimum Gasteiger partial charge on any atom is -0.369 e. The van der Waals surface area contributed by atoms with Crippen LogP contribution in [0.15, 0.2) is 134 Å². The number of benzene rings is 4. The molecular formula is C44H58N2O5Si. The number of carbonyl (C=O) groups is 2. The van der Waals surface area contributed by atoms with Crippen molar-refractivity contribution in [1.82, 2.24) is 9.80 Å². The average molecular weight is 723 g/mol. The highest BCUT2D eigenvalue weighted by Gasteiger charge is 2.28. The number of carbonyl (C=O) groups excluding carboxylic acids is 2. The number of rotatable bonds is 18. The Morgan fingerprint density at radius 1 is 0.750 bits per heavy atom. The summed E-state index contributed by atoms with van der Waals surface area (Å²) in [6.07, 6.45) is 3.39. The molecule has 0 bridgehead atoms. The number of likely N-dealkylation sites (tertiary alicyclic amines) is 1. The molecule has 0 spiro atoms. The fourth-order valence-corrected chi connectivity index (χ4v) is 7.33. The zero-order valence-corrected chi connectivity index (χ0v) is 32.6. The van der Waals surface area contributed by atoms with E-state index in [0.29, 0.717) is 13.2 Å². The maximum absolute atomic E-state index is 12.3. The second-order valence-corrected chi connectivity index (χ2v) is 19.7. The topological polar surface area (TPSA) is 68.3 Å². The molecule has 0 N–H and O–H groups in total. The molecule has 4 aromatic carbocycles. The summed E-state index contributed by atoms with van der Waals surface area (Å²) in [4.78, 5) is 27.8. The van der Waals surface area contributed by atoms with Crippen LogP contribution in [0.4, 0.5) is 0 Å². The maximum Gasteiger partial charge on any atom is 0.180 e. The van der Waals surface area contributed by atoms with Crippen LogP contribution in [0.5, 0.6) is 0 Å². The van der Waals surface area contributed by atoms with Gasteiger partial charge in [0.05, 0.1) is 28.0 Å². The zero-order valence-electron chi connectivity index (χ0n) is 31.6. The van der Waals surface area contributed by atoms with Gasteiger partial charge in [0.1, 0.15) is 13.2 Å². The Labute approximate surface area is 313 Å². The van der Waals surface area contributed by atoms with Crippen molar-refractivity contribution in [3.63, 3.8) is 0 Å². The minimum absolute atomic E-state index is 0.0871. The van der Waals surface area contributed by atoms with E-state index in [2.05, 4.69) is 90.6 Å². The molecule has 4 aromatic rings. The Hall–Kier alpha value is -4.02. The van der Waals surface area contributed by atoms with Crippen LogP contribution in [0.1, 0.15) is 28.7 Å². The monoisotopic (exact) mass is 722 g/mol. The lowest BCUT2D eigenvalue weighted by molar-refractivity contribution is -0.127. The van der Waals surface area contributed by atoms with Gasteiger partial charge in [-0.05, 0) is 47.5 Å². The van der Waals surface area contributed by atoms with Gasteiger partial charge >= 0.3 is 0 Å². The lowest BCUT2D eigenvalue weighted by Crippen LogP contribution is -2.40. The summed E-state index contributed by atoms with van der Waals surface area (Å²) in [6, 6.07) is 40.7. The average Bonchev–Trinajstić information content (AvgIpc) is 3.62. The standard InChI is InChI=1S/C20H23NO2.C13H23NOSi.C11H12O2/c22-20(16-23-15-18-9-5-2-6-10-18)19-11-12-21(14-19)13-17-7-3-1-4-8-17;1-15-11-14(12-16(2,3)4)10-13-8-6-5-7-9-13;1-2-11(12)9-13-8-10-6-4-3-5-7-10/h1-10,19H,11-16H2;5-9H,10-12H2,1-4H3;2-7H,1,8-9H2. The molecule has 278 valence electrons. The molecule has 1 atom stereocenters. The molecule has 0 saturated carbocycles. The van der Waals surface area contributed by atoms with Crippen molar-refractivity contribution in [3.05, 3.63) is 156 Å². The fraction of sp³-hybridized carbons (Fsp3) is 0.364. The first-order valence-electron chi connectivity index (χ1n) is 18.1. The van der Waals surface area contributed by atoms with Crippen LogP contribution in [-0.2, 0) is 50.1 Å². The van der Waals surface area contributed by atoms with Gasteiger partial charge in [0, 0.05) is 32.7 Å². The number of hydrogen-bond acceptors (Lipinski definition) is 7. The first kappa shape index (κ1) is 42.4. The molecule has 7 nitrogen and oxygen atoms in total. The van der Waals surface area contributed by atoms with E-state index in [0.717, 1.165) is 50.5 Å². The summed E-state index contributed by atoms with van der Waals surface area (Å²) in [7, 11) is 0.701. The van der Waals surface area contributed by atoms with E-state index in [1.54, 1.807) is 7.11 Å². The fourth-order valence-electron chi connectivity index (χ4n) is 5.79. The molecule has 0 aliphatic carbocycles. The summed E-state index contributed by atoms with van der Waals surface area (Å²) >= 11 is 0. The number of ether oxygens (including phenoxy) is 3. The number of methoxy groups -OCH3 is 1. The molecule has 8 heteroatoms. The van der Waals surface area contributed by atoms with Crippen molar-refractivity contribution in [2.45, 2.75) is 52.4 Å². The van der Waals surface area contributed by atoms with E-state index in [-0.39, 0.29) is 30.7 Å². The van der Waals surface area contributed by atoms with E-state index >= 15 is 0 Å². The second-order valence-electron chi connectivity index (χ2n) is 14.3. The molecule has 1 aliphatic rings. The normalized spacial score (nSPS) is 14.1. The quantitative estimate of drug-likeness (QED) is 0.0583. The van der Waals surface area contributed by atoms with Gasteiger partial charge in [-0.25, -0.2) is 0 Å². The van der Waals surface area contributed by atoms with Crippen molar-refractivity contribution in [2.75, 3.05) is 46.3 Å². The van der Waals surface area contributed by atoms with Crippen molar-refractivity contribution < 1.29 is 23.8 Å². The van der Waals surface area contributed by atoms with Crippen LogP contribution in [0.25, 0.3) is 0 Å². The number of Topliss-reactive ketones (excluding diaryl/α,β-unsaturated/α-hetero) is 1. The third-order valence-corrected chi connectivity index (χ3v) is 9.57. The zero-order chi connectivity index (χ0) is 37.4. The smallest absolute Gasteiger partial charge is 0.180 e. The van der Waals surface area contributed by atoms with Crippen molar-refractivity contribution in [1.29, 1.82) is 0 Å². The first-order valence-corrected chi connectivity index (χ1v) is 21.8. The Balaban J connectivity index is 0.000000221. The molecule has 0 amide bonds. The van der Waals surface area contributed by atoms with Gasteiger partial charge in [0.25, 0.3) is 0 Å². The second kappa shape index (κ2) is 24.3. The van der Waals surface area contributed by atoms with Gasteiger partial charge in [-0.1, -0.05) is 148 Å². The molecule has 1 unspecified atom stereocenters. The molecule has 5 rings (SSSR count). The Kier molecular flexibility index (Phi) is 19.8. The Morgan fingerprint density at radius 2 is 1.23 bits per heavy atom. The van der Waals surface area contributed by atoms with Crippen molar-refractivity contribution >= 4 is 19.6 Å². The SMILES string of the molecule is C=CC(=O)COCc1ccccc1.COCN(Cc1ccccc1)C[Si](C)(C)C.O=C(COCc1ccccc1)C1CCN(Cc2ccccc2)C1. The highest BCUT2D eigenvalue weighted by atomic mass is 28.3.